The van der Waals surface area contributed by atoms with Gasteiger partial charge in [-0.15, -0.1) is 0 Å². The Labute approximate surface area is 146 Å². The second-order valence-corrected chi connectivity index (χ2v) is 19.8. The minimum absolute atomic E-state index is 0.0120. The van der Waals surface area contributed by atoms with Crippen LogP contribution in [0.1, 0.15) is 59.3 Å². The van der Waals surface area contributed by atoms with Gasteiger partial charge in [-0.25, -0.2) is 0 Å². The summed E-state index contributed by atoms with van der Waals surface area (Å²) in [5.41, 5.74) is 0.979. The molecule has 3 nitrogen and oxygen atoms in total. The molecule has 1 aliphatic heterocycles. The standard InChI is InChI=1S/C7H7O3.3C4H9.Sn/c8-4-3-6-1-2-7(9)10-5-6;3*1-3-4-2;/h1,3,8H,4-5H2;3*1,3-4H2,2H3;/b6-3-;;;;. The number of aliphatic hydroxyl groups excluding tert-OH is 1. The molecule has 0 aromatic heterocycles. The molecule has 0 bridgehead atoms. The Bertz CT molecular complexity index is 405. The van der Waals surface area contributed by atoms with Crippen LogP contribution in [-0.2, 0) is 9.53 Å². The van der Waals surface area contributed by atoms with E-state index < -0.39 is 18.4 Å². The molecule has 0 saturated heterocycles. The number of aliphatic hydroxyl groups is 1. The Kier molecular flexibility index (Phi) is 10.2. The van der Waals surface area contributed by atoms with Gasteiger partial charge in [0.1, 0.15) is 0 Å². The fourth-order valence-electron chi connectivity index (χ4n) is 3.44. The summed E-state index contributed by atoms with van der Waals surface area (Å²) in [5.74, 6) is -0.0563. The zero-order chi connectivity index (χ0) is 17.1. The molecule has 0 aromatic rings. The molecule has 23 heavy (non-hydrogen) atoms. The van der Waals surface area contributed by atoms with Crippen LogP contribution in [-0.4, -0.2) is 42.7 Å². The van der Waals surface area contributed by atoms with Gasteiger partial charge in [0.2, 0.25) is 0 Å². The van der Waals surface area contributed by atoms with Gasteiger partial charge in [-0.3, -0.25) is 0 Å². The van der Waals surface area contributed by atoms with E-state index in [1.54, 1.807) is 6.08 Å². The van der Waals surface area contributed by atoms with E-state index in [1.165, 1.54) is 51.8 Å². The van der Waals surface area contributed by atoms with E-state index >= 15 is 0 Å². The van der Waals surface area contributed by atoms with Crippen molar-refractivity contribution in [3.05, 3.63) is 21.3 Å². The first kappa shape index (κ1) is 20.8. The predicted molar refractivity (Wildman–Crippen MR) is 99.1 cm³/mol. The van der Waals surface area contributed by atoms with Gasteiger partial charge in [0.15, 0.2) is 0 Å². The zero-order valence-electron chi connectivity index (χ0n) is 15.2. The number of rotatable bonds is 11. The average molecular weight is 429 g/mol. The number of hydrogen-bond acceptors (Lipinski definition) is 3. The quantitative estimate of drug-likeness (QED) is 0.380. The molecule has 4 heteroatoms. The molecule has 1 heterocycles. The summed E-state index contributed by atoms with van der Waals surface area (Å²) < 4.78 is 10.3. The zero-order valence-corrected chi connectivity index (χ0v) is 18.1. The number of unbranched alkanes of at least 4 members (excludes halogenated alkanes) is 3. The van der Waals surface area contributed by atoms with Gasteiger partial charge in [-0.1, -0.05) is 0 Å². The Morgan fingerprint density at radius 1 is 1.09 bits per heavy atom. The first-order valence-electron chi connectivity index (χ1n) is 9.32. The molecule has 0 saturated carbocycles. The molecule has 0 spiro atoms. The van der Waals surface area contributed by atoms with E-state index in [0.29, 0.717) is 6.61 Å². The van der Waals surface area contributed by atoms with Crippen LogP contribution in [0, 0.1) is 0 Å². The van der Waals surface area contributed by atoms with Crippen molar-refractivity contribution in [2.75, 3.05) is 13.2 Å². The van der Waals surface area contributed by atoms with Crippen molar-refractivity contribution in [2.24, 2.45) is 0 Å². The third-order valence-corrected chi connectivity index (χ3v) is 20.3. The van der Waals surface area contributed by atoms with Crippen LogP contribution in [0.3, 0.4) is 0 Å². The van der Waals surface area contributed by atoms with Gasteiger partial charge < -0.3 is 0 Å². The number of esters is 1. The van der Waals surface area contributed by atoms with Crippen molar-refractivity contribution in [3.8, 4) is 0 Å². The average Bonchev–Trinajstić information content (AvgIpc) is 2.57. The van der Waals surface area contributed by atoms with Crippen LogP contribution in [0.25, 0.3) is 0 Å². The van der Waals surface area contributed by atoms with Crippen LogP contribution >= 0.6 is 0 Å². The predicted octanol–water partition coefficient (Wildman–Crippen LogP) is 4.78. The van der Waals surface area contributed by atoms with Crippen molar-refractivity contribution < 1.29 is 14.6 Å². The summed E-state index contributed by atoms with van der Waals surface area (Å²) in [5, 5.41) is 9.17. The summed E-state index contributed by atoms with van der Waals surface area (Å²) in [6, 6.07) is 0. The molecular formula is C19H34O3Sn. The van der Waals surface area contributed by atoms with Crippen LogP contribution < -0.4 is 0 Å². The van der Waals surface area contributed by atoms with E-state index in [9.17, 15) is 4.79 Å². The first-order valence-corrected chi connectivity index (χ1v) is 16.8. The maximum absolute atomic E-state index is 12.6. The van der Waals surface area contributed by atoms with E-state index in [-0.39, 0.29) is 12.6 Å². The van der Waals surface area contributed by atoms with Crippen molar-refractivity contribution >= 4 is 24.3 Å². The van der Waals surface area contributed by atoms with E-state index in [0.717, 1.165) is 9.16 Å². The Balaban J connectivity index is 3.20. The van der Waals surface area contributed by atoms with Gasteiger partial charge in [0.25, 0.3) is 0 Å². The number of hydrogen-bond donors (Lipinski definition) is 1. The van der Waals surface area contributed by atoms with Crippen molar-refractivity contribution in [2.45, 2.75) is 72.6 Å². The molecule has 0 aromatic carbocycles. The Hall–Kier alpha value is -0.291. The third-order valence-electron chi connectivity index (χ3n) is 4.87. The molecule has 0 radical (unpaired) electrons. The number of cyclic esters (lactones) is 1. The number of ether oxygens (including phenoxy) is 1. The van der Waals surface area contributed by atoms with Crippen molar-refractivity contribution in [1.29, 1.82) is 0 Å². The van der Waals surface area contributed by atoms with Gasteiger partial charge in [-0.2, -0.15) is 0 Å². The second-order valence-electron chi connectivity index (χ2n) is 6.69. The molecule has 0 atom stereocenters. The Morgan fingerprint density at radius 3 is 2.04 bits per heavy atom. The fourth-order valence-corrected chi connectivity index (χ4v) is 19.6. The normalized spacial score (nSPS) is 17.3. The van der Waals surface area contributed by atoms with Crippen LogP contribution in [0.4, 0.5) is 0 Å². The second kappa shape index (κ2) is 11.3. The van der Waals surface area contributed by atoms with E-state index in [1.807, 2.05) is 0 Å². The van der Waals surface area contributed by atoms with Crippen molar-refractivity contribution in [3.63, 3.8) is 0 Å². The summed E-state index contributed by atoms with van der Waals surface area (Å²) in [7, 11) is 0. The molecule has 0 aliphatic carbocycles. The fraction of sp³-hybridized carbons (Fsp3) is 0.737. The van der Waals surface area contributed by atoms with Gasteiger partial charge >= 0.3 is 146 Å². The van der Waals surface area contributed by atoms with Crippen molar-refractivity contribution in [1.82, 2.24) is 0 Å². The third kappa shape index (κ3) is 6.26. The Morgan fingerprint density at radius 2 is 1.61 bits per heavy atom. The molecule has 1 aliphatic rings. The molecule has 0 fully saturated rings. The monoisotopic (exact) mass is 430 g/mol. The minimum atomic E-state index is -2.73. The summed E-state index contributed by atoms with van der Waals surface area (Å²) >= 11 is -2.73. The topological polar surface area (TPSA) is 46.5 Å². The molecule has 132 valence electrons. The molecular weight excluding hydrogens is 395 g/mol. The first-order chi connectivity index (χ1) is 11.1. The molecule has 1 N–H and O–H groups in total. The van der Waals surface area contributed by atoms with Crippen LogP contribution in [0.5, 0.6) is 0 Å². The molecule has 0 unspecified atom stereocenters. The summed E-state index contributed by atoms with van der Waals surface area (Å²) in [4.78, 5) is 12.6. The van der Waals surface area contributed by atoms with E-state index in [4.69, 9.17) is 9.84 Å². The molecule has 0 amide bonds. The maximum atomic E-state index is 12.6. The number of carbonyl (C=O) groups is 1. The van der Waals surface area contributed by atoms with Crippen LogP contribution in [0.15, 0.2) is 21.3 Å². The number of carbonyl (C=O) groups excluding carboxylic acids is 1. The summed E-state index contributed by atoms with van der Waals surface area (Å²) in [6.45, 7) is 7.04. The summed E-state index contributed by atoms with van der Waals surface area (Å²) in [6.07, 6.45) is 11.1. The molecule has 1 rings (SSSR count). The van der Waals surface area contributed by atoms with Gasteiger partial charge in [-0.05, 0) is 0 Å². The van der Waals surface area contributed by atoms with Gasteiger partial charge in [0, 0.05) is 0 Å². The van der Waals surface area contributed by atoms with Gasteiger partial charge in [0.05, 0.1) is 0 Å². The van der Waals surface area contributed by atoms with Crippen LogP contribution in [0.2, 0.25) is 13.3 Å². The van der Waals surface area contributed by atoms with E-state index in [2.05, 4.69) is 26.8 Å². The SMILES string of the molecule is CCC[CH2][Sn]([CH2]CCC)([CH2]CCC)[C]1=C/C(=C/CO)COC1=O.